The third-order valence-corrected chi connectivity index (χ3v) is 5.02. The summed E-state index contributed by atoms with van der Waals surface area (Å²) in [5.74, 6) is 7.64. The summed E-state index contributed by atoms with van der Waals surface area (Å²) < 4.78 is 5.32. The van der Waals surface area contributed by atoms with Gasteiger partial charge >= 0.3 is 0 Å². The summed E-state index contributed by atoms with van der Waals surface area (Å²) in [5.41, 5.74) is 2.10. The highest BCUT2D eigenvalue weighted by Crippen LogP contribution is 2.24. The summed E-state index contributed by atoms with van der Waals surface area (Å²) in [5, 5.41) is 9.61. The predicted molar refractivity (Wildman–Crippen MR) is 88.8 cm³/mol. The first kappa shape index (κ1) is 16.2. The van der Waals surface area contributed by atoms with E-state index in [1.54, 1.807) is 7.11 Å². The Bertz CT molecular complexity index is 521. The van der Waals surface area contributed by atoms with Crippen molar-refractivity contribution in [2.24, 2.45) is 0 Å². The second kappa shape index (κ2) is 8.33. The molecule has 114 valence electrons. The second-order valence-electron chi connectivity index (χ2n) is 5.13. The van der Waals surface area contributed by atoms with Crippen LogP contribution in [0.25, 0.3) is 0 Å². The maximum Gasteiger partial charge on any atom is 0.134 e. The number of aliphatic hydroxyl groups is 1. The van der Waals surface area contributed by atoms with E-state index >= 15 is 0 Å². The summed E-state index contributed by atoms with van der Waals surface area (Å²) >= 11 is 2.09. The predicted octanol–water partition coefficient (Wildman–Crippen LogP) is 2.37. The standard InChI is InChI=1S/C17H23NO2S/c1-3-16-13-18(8-10-21-16)12-14-6-7-17(20-2)15(11-14)5-4-9-19/h6-7,11,16,19H,3,8-10,12-13H2,1-2H3. The van der Waals surface area contributed by atoms with Gasteiger partial charge in [0.25, 0.3) is 0 Å². The van der Waals surface area contributed by atoms with E-state index in [4.69, 9.17) is 9.84 Å². The minimum atomic E-state index is -0.130. The smallest absolute Gasteiger partial charge is 0.134 e. The van der Waals surface area contributed by atoms with Crippen LogP contribution in [-0.2, 0) is 6.54 Å². The van der Waals surface area contributed by atoms with Crippen molar-refractivity contribution in [3.05, 3.63) is 29.3 Å². The zero-order chi connectivity index (χ0) is 15.1. The summed E-state index contributed by atoms with van der Waals surface area (Å²) in [6, 6.07) is 6.14. The highest BCUT2D eigenvalue weighted by atomic mass is 32.2. The largest absolute Gasteiger partial charge is 0.495 e. The van der Waals surface area contributed by atoms with E-state index in [2.05, 4.69) is 47.6 Å². The number of nitrogens with zero attached hydrogens (tertiary/aromatic N) is 1. The van der Waals surface area contributed by atoms with Gasteiger partial charge in [-0.1, -0.05) is 24.8 Å². The lowest BCUT2D eigenvalue weighted by Gasteiger charge is -2.31. The van der Waals surface area contributed by atoms with Crippen molar-refractivity contribution in [1.82, 2.24) is 4.90 Å². The molecule has 1 aliphatic rings. The molecule has 1 heterocycles. The van der Waals surface area contributed by atoms with Gasteiger partial charge in [0.1, 0.15) is 12.4 Å². The molecule has 1 atom stereocenters. The number of methoxy groups -OCH3 is 1. The van der Waals surface area contributed by atoms with Crippen LogP contribution in [0.3, 0.4) is 0 Å². The fourth-order valence-electron chi connectivity index (χ4n) is 2.52. The van der Waals surface area contributed by atoms with E-state index in [1.807, 2.05) is 6.07 Å². The number of ether oxygens (including phenoxy) is 1. The van der Waals surface area contributed by atoms with Crippen molar-refractivity contribution in [3.8, 4) is 17.6 Å². The fraction of sp³-hybridized carbons (Fsp3) is 0.529. The second-order valence-corrected chi connectivity index (χ2v) is 6.54. The van der Waals surface area contributed by atoms with Crippen molar-refractivity contribution >= 4 is 11.8 Å². The third-order valence-electron chi connectivity index (χ3n) is 3.65. The molecule has 4 heteroatoms. The molecule has 0 saturated carbocycles. The minimum absolute atomic E-state index is 0.130. The molecule has 1 fully saturated rings. The average molecular weight is 305 g/mol. The zero-order valence-electron chi connectivity index (χ0n) is 12.8. The zero-order valence-corrected chi connectivity index (χ0v) is 13.6. The molecule has 0 spiro atoms. The van der Waals surface area contributed by atoms with Crippen LogP contribution in [0.5, 0.6) is 5.75 Å². The van der Waals surface area contributed by atoms with Gasteiger partial charge in [0.2, 0.25) is 0 Å². The van der Waals surface area contributed by atoms with E-state index in [-0.39, 0.29) is 6.61 Å². The van der Waals surface area contributed by atoms with Gasteiger partial charge < -0.3 is 9.84 Å². The normalized spacial score (nSPS) is 18.9. The topological polar surface area (TPSA) is 32.7 Å². The quantitative estimate of drug-likeness (QED) is 0.866. The van der Waals surface area contributed by atoms with E-state index < -0.39 is 0 Å². The van der Waals surface area contributed by atoms with E-state index in [0.717, 1.165) is 36.2 Å². The monoisotopic (exact) mass is 305 g/mol. The molecule has 1 N–H and O–H groups in total. The molecule has 3 nitrogen and oxygen atoms in total. The molecule has 0 aromatic heterocycles. The van der Waals surface area contributed by atoms with Gasteiger partial charge in [-0.05, 0) is 24.1 Å². The van der Waals surface area contributed by atoms with Crippen LogP contribution in [-0.4, -0.2) is 47.8 Å². The first-order chi connectivity index (χ1) is 10.3. The van der Waals surface area contributed by atoms with Crippen LogP contribution in [0.15, 0.2) is 18.2 Å². The summed E-state index contributed by atoms with van der Waals surface area (Å²) in [6.07, 6.45) is 1.23. The number of aliphatic hydroxyl groups excluding tert-OH is 1. The van der Waals surface area contributed by atoms with E-state index in [9.17, 15) is 0 Å². The van der Waals surface area contributed by atoms with Gasteiger partial charge in [0, 0.05) is 30.6 Å². The van der Waals surface area contributed by atoms with Gasteiger partial charge in [-0.2, -0.15) is 11.8 Å². The number of hydrogen-bond acceptors (Lipinski definition) is 4. The molecule has 21 heavy (non-hydrogen) atoms. The SMILES string of the molecule is CCC1CN(Cc2ccc(OC)c(C#CCO)c2)CCS1. The Morgan fingerprint density at radius 1 is 1.48 bits per heavy atom. The molecule has 0 bridgehead atoms. The molecule has 1 aromatic rings. The van der Waals surface area contributed by atoms with Crippen LogP contribution in [0.4, 0.5) is 0 Å². The van der Waals surface area contributed by atoms with Gasteiger partial charge in [0.15, 0.2) is 0 Å². The first-order valence-electron chi connectivity index (χ1n) is 7.37. The lowest BCUT2D eigenvalue weighted by atomic mass is 10.1. The van der Waals surface area contributed by atoms with Crippen molar-refractivity contribution in [3.63, 3.8) is 0 Å². The van der Waals surface area contributed by atoms with Crippen LogP contribution >= 0.6 is 11.8 Å². The Labute approximate surface area is 131 Å². The van der Waals surface area contributed by atoms with Crippen LogP contribution in [0.2, 0.25) is 0 Å². The maximum absolute atomic E-state index is 8.85. The average Bonchev–Trinajstić information content (AvgIpc) is 2.53. The molecular formula is C17H23NO2S. The lowest BCUT2D eigenvalue weighted by Crippen LogP contribution is -2.37. The van der Waals surface area contributed by atoms with Gasteiger partial charge in [-0.3, -0.25) is 4.90 Å². The third kappa shape index (κ3) is 4.67. The Morgan fingerprint density at radius 3 is 3.05 bits per heavy atom. The van der Waals surface area contributed by atoms with Crippen LogP contribution in [0, 0.1) is 11.8 Å². The highest BCUT2D eigenvalue weighted by Gasteiger charge is 2.19. The van der Waals surface area contributed by atoms with Crippen LogP contribution in [0.1, 0.15) is 24.5 Å². The minimum Gasteiger partial charge on any atom is -0.495 e. The molecule has 1 saturated heterocycles. The number of hydrogen-bond donors (Lipinski definition) is 1. The van der Waals surface area contributed by atoms with Crippen molar-refractivity contribution in [1.29, 1.82) is 0 Å². The lowest BCUT2D eigenvalue weighted by molar-refractivity contribution is 0.273. The highest BCUT2D eigenvalue weighted by molar-refractivity contribution is 8.00. The van der Waals surface area contributed by atoms with Crippen molar-refractivity contribution in [2.45, 2.75) is 25.1 Å². The van der Waals surface area contributed by atoms with E-state index in [0.29, 0.717) is 0 Å². The molecule has 2 rings (SSSR count). The summed E-state index contributed by atoms with van der Waals surface area (Å²) in [4.78, 5) is 2.51. The summed E-state index contributed by atoms with van der Waals surface area (Å²) in [7, 11) is 1.65. The number of rotatable bonds is 4. The Kier molecular flexibility index (Phi) is 6.44. The molecule has 0 amide bonds. The van der Waals surface area contributed by atoms with Gasteiger partial charge in [0.05, 0.1) is 12.7 Å². The Morgan fingerprint density at radius 2 is 2.33 bits per heavy atom. The number of benzene rings is 1. The summed E-state index contributed by atoms with van der Waals surface area (Å²) in [6.45, 7) is 5.39. The van der Waals surface area contributed by atoms with Gasteiger partial charge in [-0.25, -0.2) is 0 Å². The molecule has 0 aliphatic carbocycles. The van der Waals surface area contributed by atoms with Crippen LogP contribution < -0.4 is 4.74 Å². The molecular weight excluding hydrogens is 282 g/mol. The van der Waals surface area contributed by atoms with Crippen molar-refractivity contribution < 1.29 is 9.84 Å². The molecule has 0 radical (unpaired) electrons. The van der Waals surface area contributed by atoms with E-state index in [1.165, 1.54) is 17.7 Å². The number of thioether (sulfide) groups is 1. The first-order valence-corrected chi connectivity index (χ1v) is 8.42. The maximum atomic E-state index is 8.85. The Balaban J connectivity index is 2.09. The Hall–Kier alpha value is -1.15. The fourth-order valence-corrected chi connectivity index (χ4v) is 3.76. The van der Waals surface area contributed by atoms with Crippen molar-refractivity contribution in [2.75, 3.05) is 32.6 Å². The molecule has 1 unspecified atom stereocenters. The molecule has 1 aromatic carbocycles. The van der Waals surface area contributed by atoms with Gasteiger partial charge in [-0.15, -0.1) is 0 Å². The molecule has 1 aliphatic heterocycles.